The molecule has 4 rings (SSSR count). The summed E-state index contributed by atoms with van der Waals surface area (Å²) in [5.41, 5.74) is 3.13. The number of H-pyrrole nitrogens is 1. The number of likely N-dealkylation sites (N-methyl/N-ethyl adjacent to an activating group) is 1. The van der Waals surface area contributed by atoms with E-state index in [1.54, 1.807) is 0 Å². The zero-order valence-corrected chi connectivity index (χ0v) is 21.6. The van der Waals surface area contributed by atoms with Crippen LogP contribution in [0, 0.1) is 5.82 Å². The van der Waals surface area contributed by atoms with E-state index in [0.717, 1.165) is 79.5 Å². The van der Waals surface area contributed by atoms with E-state index >= 15 is 0 Å². The predicted octanol–water partition coefficient (Wildman–Crippen LogP) is 3.37. The minimum atomic E-state index is -0.225. The van der Waals surface area contributed by atoms with Gasteiger partial charge in [0.05, 0.1) is 6.54 Å². The maximum absolute atomic E-state index is 13.4. The molecule has 1 fully saturated rings. The van der Waals surface area contributed by atoms with Gasteiger partial charge in [0.2, 0.25) is 0 Å². The van der Waals surface area contributed by atoms with Crippen LogP contribution in [0.1, 0.15) is 18.1 Å². The van der Waals surface area contributed by atoms with Gasteiger partial charge in [0.15, 0.2) is 5.96 Å². The second-order valence-electron chi connectivity index (χ2n) is 8.19. The molecule has 0 atom stereocenters. The number of benzene rings is 1. The van der Waals surface area contributed by atoms with Crippen LogP contribution >= 0.6 is 24.0 Å². The van der Waals surface area contributed by atoms with Crippen molar-refractivity contribution in [1.29, 1.82) is 0 Å². The van der Waals surface area contributed by atoms with Gasteiger partial charge >= 0.3 is 0 Å². The van der Waals surface area contributed by atoms with Gasteiger partial charge in [-0.25, -0.2) is 14.4 Å². The van der Waals surface area contributed by atoms with Crippen LogP contribution in [0.2, 0.25) is 0 Å². The van der Waals surface area contributed by atoms with Crippen LogP contribution in [0.5, 0.6) is 0 Å². The highest BCUT2D eigenvalue weighted by Gasteiger charge is 2.15. The van der Waals surface area contributed by atoms with Crippen LogP contribution < -0.4 is 15.5 Å². The van der Waals surface area contributed by atoms with E-state index in [0.29, 0.717) is 6.54 Å². The summed E-state index contributed by atoms with van der Waals surface area (Å²) in [7, 11) is 2.16. The van der Waals surface area contributed by atoms with Crippen LogP contribution in [-0.2, 0) is 13.0 Å². The number of aromatic amines is 1. The smallest absolute Gasteiger partial charge is 0.191 e. The number of pyridine rings is 1. The zero-order valence-electron chi connectivity index (χ0n) is 19.3. The van der Waals surface area contributed by atoms with Crippen LogP contribution in [0.15, 0.2) is 47.7 Å². The largest absolute Gasteiger partial charge is 0.361 e. The number of aliphatic imine (C=N–C) groups is 1. The fourth-order valence-electron chi connectivity index (χ4n) is 3.96. The average Bonchev–Trinajstić information content (AvgIpc) is 3.20. The Morgan fingerprint density at radius 1 is 1.15 bits per heavy atom. The quantitative estimate of drug-likeness (QED) is 0.233. The molecule has 3 aromatic rings. The van der Waals surface area contributed by atoms with E-state index in [1.807, 2.05) is 24.5 Å². The van der Waals surface area contributed by atoms with Crippen molar-refractivity contribution in [2.75, 3.05) is 51.2 Å². The normalized spacial score (nSPS) is 14.9. The van der Waals surface area contributed by atoms with Gasteiger partial charge in [0.25, 0.3) is 0 Å². The number of anilines is 1. The molecule has 3 heterocycles. The summed E-state index contributed by atoms with van der Waals surface area (Å²) in [6, 6.07) is 9.03. The molecule has 9 heteroatoms. The molecular weight excluding hydrogens is 532 g/mol. The highest BCUT2D eigenvalue weighted by molar-refractivity contribution is 14.0. The number of nitrogens with zero attached hydrogens (tertiary/aromatic N) is 4. The minimum Gasteiger partial charge on any atom is -0.361 e. The molecule has 3 N–H and O–H groups in total. The van der Waals surface area contributed by atoms with E-state index < -0.39 is 0 Å². The molecule has 1 aromatic carbocycles. The second-order valence-corrected chi connectivity index (χ2v) is 8.19. The fourth-order valence-corrected chi connectivity index (χ4v) is 3.96. The number of nitrogens with one attached hydrogen (secondary N) is 3. The summed E-state index contributed by atoms with van der Waals surface area (Å²) in [4.78, 5) is 17.1. The first-order valence-corrected chi connectivity index (χ1v) is 11.3. The zero-order chi connectivity index (χ0) is 22.3. The van der Waals surface area contributed by atoms with Gasteiger partial charge in [0.1, 0.15) is 11.6 Å². The third-order valence-electron chi connectivity index (χ3n) is 5.82. The Balaban J connectivity index is 0.00000306. The number of rotatable bonds is 7. The number of hydrogen-bond donors (Lipinski definition) is 3. The maximum atomic E-state index is 13.4. The van der Waals surface area contributed by atoms with Crippen molar-refractivity contribution in [2.24, 2.45) is 4.99 Å². The van der Waals surface area contributed by atoms with E-state index in [1.165, 1.54) is 12.1 Å². The third kappa shape index (κ3) is 6.80. The Labute approximate surface area is 211 Å². The fraction of sp³-hybridized carbons (Fsp3) is 0.417. The van der Waals surface area contributed by atoms with Gasteiger partial charge in [-0.05, 0) is 61.9 Å². The molecule has 0 spiro atoms. The van der Waals surface area contributed by atoms with E-state index in [2.05, 4.69) is 50.4 Å². The SMILES string of the molecule is CCNC(=NCc1ccnc(N2CCN(C)CC2)c1)NCCc1c[nH]c2cc(F)ccc12.I. The van der Waals surface area contributed by atoms with Crippen molar-refractivity contribution >= 4 is 46.7 Å². The molecule has 1 aliphatic rings. The summed E-state index contributed by atoms with van der Waals surface area (Å²) < 4.78 is 13.4. The van der Waals surface area contributed by atoms with Gasteiger partial charge < -0.3 is 25.4 Å². The molecule has 0 saturated carbocycles. The van der Waals surface area contributed by atoms with Gasteiger partial charge in [-0.2, -0.15) is 0 Å². The first kappa shape index (κ1) is 25.2. The molecule has 1 aliphatic heterocycles. The molecule has 0 unspecified atom stereocenters. The number of aromatic nitrogens is 2. The molecule has 7 nitrogen and oxygen atoms in total. The Kier molecular flexibility index (Phi) is 9.30. The van der Waals surface area contributed by atoms with E-state index in [9.17, 15) is 4.39 Å². The standard InChI is InChI=1S/C24H32FN7.HI/c1-3-26-24(28-9-7-19-17-29-22-15-20(25)4-5-21(19)22)30-16-18-6-8-27-23(14-18)32-12-10-31(2)11-13-32;/h4-6,8,14-15,17,29H,3,7,9-13,16H2,1-2H3,(H2,26,28,30);1H. The molecule has 33 heavy (non-hydrogen) atoms. The molecule has 178 valence electrons. The third-order valence-corrected chi connectivity index (χ3v) is 5.82. The van der Waals surface area contributed by atoms with Crippen LogP contribution in [0.4, 0.5) is 10.2 Å². The van der Waals surface area contributed by atoms with Crippen LogP contribution in [0.25, 0.3) is 10.9 Å². The molecule has 0 radical (unpaired) electrons. The van der Waals surface area contributed by atoms with Crippen molar-refractivity contribution < 1.29 is 4.39 Å². The number of halogens is 2. The molecule has 0 aliphatic carbocycles. The lowest BCUT2D eigenvalue weighted by Crippen LogP contribution is -2.44. The topological polar surface area (TPSA) is 71.6 Å². The summed E-state index contributed by atoms with van der Waals surface area (Å²) in [6.07, 6.45) is 4.64. The molecule has 0 amide bonds. The van der Waals surface area contributed by atoms with Crippen molar-refractivity contribution in [3.8, 4) is 0 Å². The summed E-state index contributed by atoms with van der Waals surface area (Å²) in [5.74, 6) is 1.59. The maximum Gasteiger partial charge on any atom is 0.191 e. The van der Waals surface area contributed by atoms with Crippen LogP contribution in [0.3, 0.4) is 0 Å². The summed E-state index contributed by atoms with van der Waals surface area (Å²) in [6.45, 7) is 8.30. The minimum absolute atomic E-state index is 0. The number of fused-ring (bicyclic) bond motifs is 1. The average molecular weight is 565 g/mol. The van der Waals surface area contributed by atoms with E-state index in [-0.39, 0.29) is 29.8 Å². The first-order chi connectivity index (χ1) is 15.6. The first-order valence-electron chi connectivity index (χ1n) is 11.3. The Hall–Kier alpha value is -2.40. The van der Waals surface area contributed by atoms with Crippen molar-refractivity contribution in [3.05, 3.63) is 59.7 Å². The van der Waals surface area contributed by atoms with E-state index in [4.69, 9.17) is 4.99 Å². The van der Waals surface area contributed by atoms with Gasteiger partial charge in [-0.1, -0.05) is 0 Å². The highest BCUT2D eigenvalue weighted by Crippen LogP contribution is 2.19. The monoisotopic (exact) mass is 565 g/mol. The Morgan fingerprint density at radius 3 is 2.76 bits per heavy atom. The second kappa shape index (κ2) is 12.2. The summed E-state index contributed by atoms with van der Waals surface area (Å²) in [5, 5.41) is 7.78. The lowest BCUT2D eigenvalue weighted by atomic mass is 10.1. The van der Waals surface area contributed by atoms with Crippen molar-refractivity contribution in [1.82, 2.24) is 25.5 Å². The number of guanidine groups is 1. The van der Waals surface area contributed by atoms with Crippen molar-refractivity contribution in [3.63, 3.8) is 0 Å². The lowest BCUT2D eigenvalue weighted by molar-refractivity contribution is 0.312. The molecular formula is C24H33FIN7. The Bertz CT molecular complexity index is 1060. The summed E-state index contributed by atoms with van der Waals surface area (Å²) >= 11 is 0. The highest BCUT2D eigenvalue weighted by atomic mass is 127. The Morgan fingerprint density at radius 2 is 1.97 bits per heavy atom. The van der Waals surface area contributed by atoms with Crippen LogP contribution in [-0.4, -0.2) is 67.1 Å². The lowest BCUT2D eigenvalue weighted by Gasteiger charge is -2.33. The number of hydrogen-bond acceptors (Lipinski definition) is 4. The predicted molar refractivity (Wildman–Crippen MR) is 144 cm³/mol. The van der Waals surface area contributed by atoms with Gasteiger partial charge in [0, 0.05) is 62.6 Å². The molecule has 1 saturated heterocycles. The molecule has 2 aromatic heterocycles. The van der Waals surface area contributed by atoms with Gasteiger partial charge in [-0.15, -0.1) is 24.0 Å². The number of piperazine rings is 1. The molecule has 0 bridgehead atoms. The van der Waals surface area contributed by atoms with Crippen molar-refractivity contribution in [2.45, 2.75) is 19.9 Å². The van der Waals surface area contributed by atoms with Gasteiger partial charge in [-0.3, -0.25) is 0 Å².